The maximum Gasteiger partial charge on any atom is 0.167 e. The smallest absolute Gasteiger partial charge is 0.167 e. The summed E-state index contributed by atoms with van der Waals surface area (Å²) in [6.07, 6.45) is 4.07. The molecule has 2 rings (SSSR count). The SMILES string of the molecule is CC1CCC(C(=O)c2cccc(F)c2Br)CC1. The number of carbonyl (C=O) groups is 1. The Morgan fingerprint density at radius 2 is 1.94 bits per heavy atom. The van der Waals surface area contributed by atoms with E-state index in [1.54, 1.807) is 12.1 Å². The van der Waals surface area contributed by atoms with Crippen LogP contribution in [0.15, 0.2) is 22.7 Å². The molecule has 1 fully saturated rings. The first-order valence-corrected chi connectivity index (χ1v) is 6.87. The zero-order chi connectivity index (χ0) is 12.4. The van der Waals surface area contributed by atoms with Gasteiger partial charge >= 0.3 is 0 Å². The molecule has 0 aliphatic heterocycles. The molecule has 1 aromatic carbocycles. The Morgan fingerprint density at radius 1 is 1.29 bits per heavy atom. The second kappa shape index (κ2) is 5.30. The summed E-state index contributed by atoms with van der Waals surface area (Å²) >= 11 is 3.16. The van der Waals surface area contributed by atoms with Gasteiger partial charge in [0.25, 0.3) is 0 Å². The number of ketones is 1. The van der Waals surface area contributed by atoms with Gasteiger partial charge in [0, 0.05) is 11.5 Å². The third kappa shape index (κ3) is 2.76. The van der Waals surface area contributed by atoms with Crippen molar-refractivity contribution in [3.63, 3.8) is 0 Å². The van der Waals surface area contributed by atoms with Crippen LogP contribution in [-0.2, 0) is 0 Å². The van der Waals surface area contributed by atoms with Crippen LogP contribution in [0.25, 0.3) is 0 Å². The molecule has 0 saturated heterocycles. The van der Waals surface area contributed by atoms with E-state index in [1.165, 1.54) is 6.07 Å². The largest absolute Gasteiger partial charge is 0.294 e. The number of hydrogen-bond donors (Lipinski definition) is 0. The van der Waals surface area contributed by atoms with Crippen LogP contribution in [0.3, 0.4) is 0 Å². The summed E-state index contributed by atoms with van der Waals surface area (Å²) in [6.45, 7) is 2.22. The highest BCUT2D eigenvalue weighted by Crippen LogP contribution is 2.32. The van der Waals surface area contributed by atoms with E-state index >= 15 is 0 Å². The van der Waals surface area contributed by atoms with Crippen molar-refractivity contribution in [1.82, 2.24) is 0 Å². The molecule has 0 amide bonds. The molecular weight excluding hydrogens is 283 g/mol. The van der Waals surface area contributed by atoms with Gasteiger partial charge in [-0.1, -0.05) is 31.9 Å². The summed E-state index contributed by atoms with van der Waals surface area (Å²) in [6, 6.07) is 4.66. The summed E-state index contributed by atoms with van der Waals surface area (Å²) in [5.74, 6) is 0.516. The van der Waals surface area contributed by atoms with Crippen LogP contribution in [0.4, 0.5) is 4.39 Å². The number of Topliss-reactive ketones (excluding diaryl/α,β-unsaturated/α-hetero) is 1. The zero-order valence-corrected chi connectivity index (χ0v) is 11.5. The third-order valence-electron chi connectivity index (χ3n) is 3.60. The Hall–Kier alpha value is -0.700. The fourth-order valence-electron chi connectivity index (χ4n) is 2.44. The average Bonchev–Trinajstić information content (AvgIpc) is 2.33. The second-order valence-electron chi connectivity index (χ2n) is 4.92. The first-order valence-electron chi connectivity index (χ1n) is 6.08. The number of carbonyl (C=O) groups excluding carboxylic acids is 1. The molecular formula is C14H16BrFO. The van der Waals surface area contributed by atoms with E-state index in [-0.39, 0.29) is 17.5 Å². The van der Waals surface area contributed by atoms with E-state index in [1.807, 2.05) is 0 Å². The van der Waals surface area contributed by atoms with E-state index in [0.29, 0.717) is 10.0 Å². The van der Waals surface area contributed by atoms with E-state index in [2.05, 4.69) is 22.9 Å². The zero-order valence-electron chi connectivity index (χ0n) is 9.88. The Kier molecular flexibility index (Phi) is 3.97. The number of hydrogen-bond acceptors (Lipinski definition) is 1. The summed E-state index contributed by atoms with van der Waals surface area (Å²) in [7, 11) is 0. The van der Waals surface area contributed by atoms with Crippen LogP contribution in [0.1, 0.15) is 43.0 Å². The van der Waals surface area contributed by atoms with Crippen molar-refractivity contribution in [2.45, 2.75) is 32.6 Å². The first-order chi connectivity index (χ1) is 8.09. The molecule has 1 aromatic rings. The van der Waals surface area contributed by atoms with E-state index < -0.39 is 0 Å². The fraction of sp³-hybridized carbons (Fsp3) is 0.500. The third-order valence-corrected chi connectivity index (χ3v) is 4.41. The molecule has 1 aliphatic carbocycles. The monoisotopic (exact) mass is 298 g/mol. The van der Waals surface area contributed by atoms with Crippen molar-refractivity contribution < 1.29 is 9.18 Å². The minimum atomic E-state index is -0.361. The summed E-state index contributed by atoms with van der Waals surface area (Å²) in [5.41, 5.74) is 0.490. The fourth-order valence-corrected chi connectivity index (χ4v) is 2.90. The lowest BCUT2D eigenvalue weighted by atomic mass is 9.79. The Bertz CT molecular complexity index is 422. The number of benzene rings is 1. The van der Waals surface area contributed by atoms with Crippen molar-refractivity contribution in [1.29, 1.82) is 0 Å². The van der Waals surface area contributed by atoms with E-state index in [0.717, 1.165) is 31.6 Å². The molecule has 0 spiro atoms. The van der Waals surface area contributed by atoms with Crippen LogP contribution in [0.2, 0.25) is 0 Å². The van der Waals surface area contributed by atoms with Crippen molar-refractivity contribution in [3.8, 4) is 0 Å². The van der Waals surface area contributed by atoms with Gasteiger partial charge in [-0.2, -0.15) is 0 Å². The quantitative estimate of drug-likeness (QED) is 0.730. The van der Waals surface area contributed by atoms with Crippen LogP contribution >= 0.6 is 15.9 Å². The highest BCUT2D eigenvalue weighted by molar-refractivity contribution is 9.10. The normalized spacial score (nSPS) is 24.6. The Morgan fingerprint density at radius 3 is 2.59 bits per heavy atom. The number of halogens is 2. The lowest BCUT2D eigenvalue weighted by Gasteiger charge is -2.25. The van der Waals surface area contributed by atoms with Gasteiger partial charge in [-0.05, 0) is 40.8 Å². The van der Waals surface area contributed by atoms with Gasteiger partial charge in [0.15, 0.2) is 5.78 Å². The molecule has 0 radical (unpaired) electrons. The van der Waals surface area contributed by atoms with Gasteiger partial charge in [-0.25, -0.2) is 4.39 Å². The predicted octanol–water partition coefficient (Wildman–Crippen LogP) is 4.60. The molecule has 1 saturated carbocycles. The van der Waals surface area contributed by atoms with E-state index in [9.17, 15) is 9.18 Å². The van der Waals surface area contributed by atoms with Gasteiger partial charge in [-0.3, -0.25) is 4.79 Å². The predicted molar refractivity (Wildman–Crippen MR) is 69.6 cm³/mol. The maximum absolute atomic E-state index is 13.4. The van der Waals surface area contributed by atoms with Crippen LogP contribution in [-0.4, -0.2) is 5.78 Å². The molecule has 1 aliphatic rings. The van der Waals surface area contributed by atoms with Crippen molar-refractivity contribution in [2.75, 3.05) is 0 Å². The molecule has 0 N–H and O–H groups in total. The van der Waals surface area contributed by atoms with Gasteiger partial charge in [0.05, 0.1) is 4.47 Å². The molecule has 17 heavy (non-hydrogen) atoms. The van der Waals surface area contributed by atoms with Gasteiger partial charge in [-0.15, -0.1) is 0 Å². The van der Waals surface area contributed by atoms with Gasteiger partial charge in [0.2, 0.25) is 0 Å². The van der Waals surface area contributed by atoms with Crippen LogP contribution in [0.5, 0.6) is 0 Å². The lowest BCUT2D eigenvalue weighted by molar-refractivity contribution is 0.0874. The minimum Gasteiger partial charge on any atom is -0.294 e. The highest BCUT2D eigenvalue weighted by atomic mass is 79.9. The first kappa shape index (κ1) is 12.7. The standard InChI is InChI=1S/C14H16BrFO/c1-9-5-7-10(8-6-9)14(17)11-3-2-4-12(16)13(11)15/h2-4,9-10H,5-8H2,1H3. The van der Waals surface area contributed by atoms with Crippen LogP contribution in [0, 0.1) is 17.7 Å². The summed E-state index contributed by atoms with van der Waals surface area (Å²) in [5, 5.41) is 0. The summed E-state index contributed by atoms with van der Waals surface area (Å²) in [4.78, 5) is 12.3. The summed E-state index contributed by atoms with van der Waals surface area (Å²) < 4.78 is 13.7. The van der Waals surface area contributed by atoms with Gasteiger partial charge in [0.1, 0.15) is 5.82 Å². The average molecular weight is 299 g/mol. The molecule has 92 valence electrons. The number of rotatable bonds is 2. The molecule has 0 atom stereocenters. The Balaban J connectivity index is 2.17. The van der Waals surface area contributed by atoms with Crippen molar-refractivity contribution >= 4 is 21.7 Å². The molecule has 0 bridgehead atoms. The molecule has 3 heteroatoms. The maximum atomic E-state index is 13.4. The minimum absolute atomic E-state index is 0.0734. The van der Waals surface area contributed by atoms with Crippen LogP contribution < -0.4 is 0 Å². The topological polar surface area (TPSA) is 17.1 Å². The highest BCUT2D eigenvalue weighted by Gasteiger charge is 2.26. The molecule has 0 aromatic heterocycles. The molecule has 0 unspecified atom stereocenters. The van der Waals surface area contributed by atoms with E-state index in [4.69, 9.17) is 0 Å². The van der Waals surface area contributed by atoms with Gasteiger partial charge < -0.3 is 0 Å². The Labute approximate surface area is 110 Å². The van der Waals surface area contributed by atoms with Crippen molar-refractivity contribution in [3.05, 3.63) is 34.1 Å². The molecule has 0 heterocycles. The van der Waals surface area contributed by atoms with Crippen molar-refractivity contribution in [2.24, 2.45) is 11.8 Å². The molecule has 1 nitrogen and oxygen atoms in total. The lowest BCUT2D eigenvalue weighted by Crippen LogP contribution is -2.21. The second-order valence-corrected chi connectivity index (χ2v) is 5.72.